The average Bonchev–Trinajstić information content (AvgIpc) is 2.84. The van der Waals surface area contributed by atoms with Gasteiger partial charge in [-0.3, -0.25) is 14.5 Å². The number of amides is 1. The molecule has 0 saturated heterocycles. The third kappa shape index (κ3) is 2.80. The van der Waals surface area contributed by atoms with Gasteiger partial charge in [0, 0.05) is 25.2 Å². The molecule has 1 N–H and O–H groups in total. The molecule has 0 saturated carbocycles. The van der Waals surface area contributed by atoms with E-state index >= 15 is 0 Å². The molecule has 106 valence electrons. The number of nitrogens with one attached hydrogen (secondary N) is 1. The minimum Gasteiger partial charge on any atom is -0.347 e. The van der Waals surface area contributed by atoms with Gasteiger partial charge in [-0.15, -0.1) is 0 Å². The van der Waals surface area contributed by atoms with Crippen LogP contribution in [0.4, 0.5) is 0 Å². The number of pyridine rings is 1. The largest absolute Gasteiger partial charge is 0.347 e. The molecule has 3 aromatic rings. The summed E-state index contributed by atoms with van der Waals surface area (Å²) in [6.07, 6.45) is 3.38. The summed E-state index contributed by atoms with van der Waals surface area (Å²) in [5.74, 6) is -0.159. The number of halogens is 1. The van der Waals surface area contributed by atoms with Crippen molar-refractivity contribution in [3.8, 4) is 0 Å². The molecule has 0 unspecified atom stereocenters. The molecule has 2 aromatic heterocycles. The van der Waals surface area contributed by atoms with Gasteiger partial charge in [0.05, 0.1) is 16.2 Å². The van der Waals surface area contributed by atoms with Crippen LogP contribution in [-0.4, -0.2) is 20.7 Å². The lowest BCUT2D eigenvalue weighted by molar-refractivity contribution is 0.0940. The first kappa shape index (κ1) is 13.8. The van der Waals surface area contributed by atoms with Gasteiger partial charge in [-0.1, -0.05) is 12.1 Å². The zero-order valence-corrected chi connectivity index (χ0v) is 13.0. The van der Waals surface area contributed by atoms with E-state index in [1.54, 1.807) is 24.1 Å². The van der Waals surface area contributed by atoms with Crippen molar-refractivity contribution in [2.45, 2.75) is 6.54 Å². The molecule has 0 spiro atoms. The lowest BCUT2D eigenvalue weighted by Crippen LogP contribution is -2.25. The molecule has 0 radical (unpaired) electrons. The highest BCUT2D eigenvalue weighted by atomic mass is 79.9. The Balaban J connectivity index is 1.76. The number of aryl methyl sites for hydroxylation is 1. The van der Waals surface area contributed by atoms with Crippen molar-refractivity contribution in [2.24, 2.45) is 7.05 Å². The Hall–Kier alpha value is -2.21. The molecule has 1 aromatic carbocycles. The van der Waals surface area contributed by atoms with E-state index in [2.05, 4.69) is 31.3 Å². The molecule has 3 rings (SSSR count). The average molecular weight is 345 g/mol. The number of rotatable bonds is 3. The quantitative estimate of drug-likeness (QED) is 0.794. The standard InChI is InChI=1S/C15H13BrN4O/c1-20-14(12(16)9-19-20)15(21)18-8-10-4-5-13-11(7-10)3-2-6-17-13/h2-7,9H,8H2,1H3,(H,18,21). The smallest absolute Gasteiger partial charge is 0.270 e. The van der Waals surface area contributed by atoms with Gasteiger partial charge in [-0.2, -0.15) is 5.10 Å². The number of carbonyl (C=O) groups is 1. The molecular weight excluding hydrogens is 332 g/mol. The lowest BCUT2D eigenvalue weighted by Gasteiger charge is -2.07. The number of aromatic nitrogens is 3. The zero-order valence-electron chi connectivity index (χ0n) is 11.4. The van der Waals surface area contributed by atoms with Crippen LogP contribution in [0.15, 0.2) is 47.2 Å². The normalized spacial score (nSPS) is 10.8. The highest BCUT2D eigenvalue weighted by molar-refractivity contribution is 9.10. The minimum absolute atomic E-state index is 0.159. The van der Waals surface area contributed by atoms with Gasteiger partial charge < -0.3 is 5.32 Å². The van der Waals surface area contributed by atoms with Crippen molar-refractivity contribution < 1.29 is 4.79 Å². The zero-order chi connectivity index (χ0) is 14.8. The molecule has 21 heavy (non-hydrogen) atoms. The van der Waals surface area contributed by atoms with Crippen LogP contribution in [0, 0.1) is 0 Å². The summed E-state index contributed by atoms with van der Waals surface area (Å²) < 4.78 is 2.23. The fraction of sp³-hybridized carbons (Fsp3) is 0.133. The summed E-state index contributed by atoms with van der Waals surface area (Å²) in [6.45, 7) is 0.460. The number of benzene rings is 1. The second-order valence-electron chi connectivity index (χ2n) is 4.68. The first-order chi connectivity index (χ1) is 10.1. The Kier molecular flexibility index (Phi) is 3.70. The third-order valence-electron chi connectivity index (χ3n) is 3.23. The van der Waals surface area contributed by atoms with Crippen LogP contribution in [0.25, 0.3) is 10.9 Å². The van der Waals surface area contributed by atoms with Crippen molar-refractivity contribution in [1.82, 2.24) is 20.1 Å². The van der Waals surface area contributed by atoms with Crippen molar-refractivity contribution in [1.29, 1.82) is 0 Å². The van der Waals surface area contributed by atoms with E-state index in [0.29, 0.717) is 16.7 Å². The molecule has 0 aliphatic heterocycles. The minimum atomic E-state index is -0.159. The van der Waals surface area contributed by atoms with Gasteiger partial charge in [0.25, 0.3) is 5.91 Å². The van der Waals surface area contributed by atoms with Crippen LogP contribution in [0.2, 0.25) is 0 Å². The molecule has 2 heterocycles. The maximum absolute atomic E-state index is 12.2. The number of fused-ring (bicyclic) bond motifs is 1. The molecule has 1 amide bonds. The molecule has 0 atom stereocenters. The van der Waals surface area contributed by atoms with Crippen LogP contribution in [-0.2, 0) is 13.6 Å². The van der Waals surface area contributed by atoms with E-state index in [1.165, 1.54) is 0 Å². The van der Waals surface area contributed by atoms with Gasteiger partial charge in [-0.05, 0) is 39.7 Å². The molecule has 0 aliphatic rings. The summed E-state index contributed by atoms with van der Waals surface area (Å²) in [6, 6.07) is 9.86. The first-order valence-electron chi connectivity index (χ1n) is 6.44. The summed E-state index contributed by atoms with van der Waals surface area (Å²) in [5.41, 5.74) is 2.49. The third-order valence-corrected chi connectivity index (χ3v) is 3.81. The van der Waals surface area contributed by atoms with Crippen molar-refractivity contribution in [3.05, 3.63) is 58.5 Å². The van der Waals surface area contributed by atoms with Gasteiger partial charge in [0.1, 0.15) is 5.69 Å². The van der Waals surface area contributed by atoms with Crippen molar-refractivity contribution in [2.75, 3.05) is 0 Å². The monoisotopic (exact) mass is 344 g/mol. The van der Waals surface area contributed by atoms with Crippen LogP contribution in [0.1, 0.15) is 16.1 Å². The molecule has 0 bridgehead atoms. The van der Waals surface area contributed by atoms with E-state index in [0.717, 1.165) is 16.5 Å². The SMILES string of the molecule is Cn1ncc(Br)c1C(=O)NCc1ccc2ncccc2c1. The predicted octanol–water partition coefficient (Wildman–Crippen LogP) is 2.66. The maximum Gasteiger partial charge on any atom is 0.270 e. The molecular formula is C15H13BrN4O. The summed E-state index contributed by atoms with van der Waals surface area (Å²) in [5, 5.41) is 7.99. The maximum atomic E-state index is 12.2. The van der Waals surface area contributed by atoms with Crippen LogP contribution in [0.5, 0.6) is 0 Å². The second-order valence-corrected chi connectivity index (χ2v) is 5.53. The Labute approximate surface area is 130 Å². The topological polar surface area (TPSA) is 59.8 Å². The van der Waals surface area contributed by atoms with Gasteiger partial charge in [0.2, 0.25) is 0 Å². The van der Waals surface area contributed by atoms with E-state index < -0.39 is 0 Å². The number of nitrogens with zero attached hydrogens (tertiary/aromatic N) is 3. The van der Waals surface area contributed by atoms with E-state index in [1.807, 2.05) is 30.3 Å². The molecule has 0 fully saturated rings. The Morgan fingerprint density at radius 3 is 3.00 bits per heavy atom. The lowest BCUT2D eigenvalue weighted by atomic mass is 10.1. The Morgan fingerprint density at radius 2 is 2.24 bits per heavy atom. The predicted molar refractivity (Wildman–Crippen MR) is 83.8 cm³/mol. The van der Waals surface area contributed by atoms with Crippen LogP contribution in [0.3, 0.4) is 0 Å². The molecule has 0 aliphatic carbocycles. The second kappa shape index (κ2) is 5.65. The fourth-order valence-electron chi connectivity index (χ4n) is 2.17. The summed E-state index contributed by atoms with van der Waals surface area (Å²) in [4.78, 5) is 16.4. The van der Waals surface area contributed by atoms with Crippen LogP contribution < -0.4 is 5.32 Å². The Morgan fingerprint density at radius 1 is 1.38 bits per heavy atom. The number of carbonyl (C=O) groups excluding carboxylic acids is 1. The van der Waals surface area contributed by atoms with Gasteiger partial charge in [-0.25, -0.2) is 0 Å². The first-order valence-corrected chi connectivity index (χ1v) is 7.24. The van der Waals surface area contributed by atoms with E-state index in [9.17, 15) is 4.79 Å². The molecule has 6 heteroatoms. The summed E-state index contributed by atoms with van der Waals surface area (Å²) in [7, 11) is 1.74. The summed E-state index contributed by atoms with van der Waals surface area (Å²) >= 11 is 3.32. The molecule has 5 nitrogen and oxygen atoms in total. The van der Waals surface area contributed by atoms with Crippen LogP contribution >= 0.6 is 15.9 Å². The number of hydrogen-bond acceptors (Lipinski definition) is 3. The van der Waals surface area contributed by atoms with Crippen molar-refractivity contribution in [3.63, 3.8) is 0 Å². The highest BCUT2D eigenvalue weighted by Gasteiger charge is 2.14. The van der Waals surface area contributed by atoms with Gasteiger partial charge >= 0.3 is 0 Å². The fourth-order valence-corrected chi connectivity index (χ4v) is 2.70. The van der Waals surface area contributed by atoms with E-state index in [-0.39, 0.29) is 5.91 Å². The Bertz CT molecular complexity index is 793. The highest BCUT2D eigenvalue weighted by Crippen LogP contribution is 2.16. The van der Waals surface area contributed by atoms with Crippen molar-refractivity contribution >= 4 is 32.7 Å². The number of hydrogen-bond donors (Lipinski definition) is 1. The van der Waals surface area contributed by atoms with E-state index in [4.69, 9.17) is 0 Å². The van der Waals surface area contributed by atoms with Gasteiger partial charge in [0.15, 0.2) is 0 Å².